The van der Waals surface area contributed by atoms with Gasteiger partial charge in [0.2, 0.25) is 0 Å². The summed E-state index contributed by atoms with van der Waals surface area (Å²) in [5.74, 6) is 0.659. The van der Waals surface area contributed by atoms with Crippen LogP contribution in [0.4, 0.5) is 0 Å². The molecule has 22 heavy (non-hydrogen) atoms. The van der Waals surface area contributed by atoms with Crippen molar-refractivity contribution in [2.75, 3.05) is 0 Å². The Morgan fingerprint density at radius 2 is 1.23 bits per heavy atom. The van der Waals surface area contributed by atoms with Crippen molar-refractivity contribution in [3.63, 3.8) is 0 Å². The van der Waals surface area contributed by atoms with Crippen LogP contribution in [-0.2, 0) is 10.5 Å². The highest BCUT2D eigenvalue weighted by Crippen LogP contribution is 2.22. The summed E-state index contributed by atoms with van der Waals surface area (Å²) in [6, 6.07) is 20.1. The Balaban J connectivity index is 0.000000366. The highest BCUT2D eigenvalue weighted by molar-refractivity contribution is 5.20. The van der Waals surface area contributed by atoms with E-state index in [-0.39, 0.29) is 0 Å². The summed E-state index contributed by atoms with van der Waals surface area (Å²) in [6.45, 7) is 8.02. The fourth-order valence-corrected chi connectivity index (χ4v) is 1.73. The average molecular weight is 306 g/mol. The van der Waals surface area contributed by atoms with Gasteiger partial charge in [0, 0.05) is 0 Å². The molecule has 0 aliphatic carbocycles. The van der Waals surface area contributed by atoms with Gasteiger partial charge in [-0.05, 0) is 30.9 Å². The van der Waals surface area contributed by atoms with Crippen LogP contribution >= 0.6 is 0 Å². The summed E-state index contributed by atoms with van der Waals surface area (Å²) in [5, 5.41) is 20.5. The standard InChI is InChI=1S/C9H12O2.C9H12.H2O2/c1-9(2,11-10)8-6-4-3-5-7-8;1-8(2)9-6-4-3-5-7-9;1-2/h3-7,10H,1-2H3;3-8H,1-2H3;1-2H. The molecule has 0 bridgehead atoms. The molecular formula is C18H26O4. The van der Waals surface area contributed by atoms with Gasteiger partial charge in [-0.1, -0.05) is 74.5 Å². The van der Waals surface area contributed by atoms with Crippen LogP contribution in [0.2, 0.25) is 0 Å². The molecule has 2 rings (SSSR count). The van der Waals surface area contributed by atoms with Gasteiger partial charge >= 0.3 is 0 Å². The van der Waals surface area contributed by atoms with Crippen molar-refractivity contribution in [3.8, 4) is 0 Å². The van der Waals surface area contributed by atoms with Crippen LogP contribution in [0.3, 0.4) is 0 Å². The molecule has 0 fully saturated rings. The summed E-state index contributed by atoms with van der Waals surface area (Å²) in [6.07, 6.45) is 0. The first-order valence-electron chi connectivity index (χ1n) is 7.10. The molecular weight excluding hydrogens is 280 g/mol. The van der Waals surface area contributed by atoms with Gasteiger partial charge in [0.05, 0.1) is 0 Å². The molecule has 2 aromatic carbocycles. The molecule has 0 saturated heterocycles. The van der Waals surface area contributed by atoms with E-state index in [2.05, 4.69) is 43.0 Å². The summed E-state index contributed by atoms with van der Waals surface area (Å²) in [5.41, 5.74) is 1.77. The minimum Gasteiger partial charge on any atom is -0.255 e. The average Bonchev–Trinajstić information content (AvgIpc) is 2.59. The van der Waals surface area contributed by atoms with Gasteiger partial charge in [-0.15, -0.1) is 0 Å². The molecule has 0 saturated carbocycles. The van der Waals surface area contributed by atoms with Crippen molar-refractivity contribution in [2.24, 2.45) is 0 Å². The topological polar surface area (TPSA) is 69.9 Å². The van der Waals surface area contributed by atoms with Crippen molar-refractivity contribution in [1.29, 1.82) is 0 Å². The molecule has 0 unspecified atom stereocenters. The first-order chi connectivity index (χ1) is 10.5. The molecule has 0 radical (unpaired) electrons. The lowest BCUT2D eigenvalue weighted by Gasteiger charge is -2.20. The molecule has 3 N–H and O–H groups in total. The number of hydrogen-bond donors (Lipinski definition) is 3. The molecule has 122 valence electrons. The Morgan fingerprint density at radius 1 is 0.818 bits per heavy atom. The smallest absolute Gasteiger partial charge is 0.123 e. The summed E-state index contributed by atoms with van der Waals surface area (Å²) >= 11 is 0. The third-order valence-electron chi connectivity index (χ3n) is 3.16. The van der Waals surface area contributed by atoms with Crippen LogP contribution < -0.4 is 0 Å². The van der Waals surface area contributed by atoms with Crippen molar-refractivity contribution in [1.82, 2.24) is 0 Å². The number of benzene rings is 2. The van der Waals surface area contributed by atoms with E-state index in [0.29, 0.717) is 5.92 Å². The van der Waals surface area contributed by atoms with Gasteiger partial charge in [-0.25, -0.2) is 4.89 Å². The number of hydrogen-bond acceptors (Lipinski definition) is 4. The van der Waals surface area contributed by atoms with Crippen LogP contribution in [0, 0.1) is 0 Å². The molecule has 0 aliphatic rings. The summed E-state index contributed by atoms with van der Waals surface area (Å²) in [7, 11) is 0. The molecule has 0 heterocycles. The minimum atomic E-state index is -0.610. The Hall–Kier alpha value is -1.72. The fraction of sp³-hybridized carbons (Fsp3) is 0.333. The second-order valence-corrected chi connectivity index (χ2v) is 5.53. The maximum atomic E-state index is 8.55. The van der Waals surface area contributed by atoms with E-state index in [4.69, 9.17) is 15.8 Å². The molecule has 0 aromatic heterocycles. The molecule has 2 aromatic rings. The van der Waals surface area contributed by atoms with E-state index in [0.717, 1.165) is 5.56 Å². The first kappa shape index (κ1) is 20.3. The fourth-order valence-electron chi connectivity index (χ4n) is 1.73. The second-order valence-electron chi connectivity index (χ2n) is 5.53. The zero-order valence-corrected chi connectivity index (χ0v) is 13.6. The van der Waals surface area contributed by atoms with Crippen LogP contribution in [0.25, 0.3) is 0 Å². The van der Waals surface area contributed by atoms with Crippen molar-refractivity contribution in [3.05, 3.63) is 71.8 Å². The van der Waals surface area contributed by atoms with Gasteiger partial charge in [-0.2, -0.15) is 0 Å². The zero-order chi connectivity index (χ0) is 17.0. The highest BCUT2D eigenvalue weighted by Gasteiger charge is 2.20. The third kappa shape index (κ3) is 7.33. The van der Waals surface area contributed by atoms with E-state index in [1.54, 1.807) is 0 Å². The Bertz CT molecular complexity index is 481. The van der Waals surface area contributed by atoms with E-state index >= 15 is 0 Å². The highest BCUT2D eigenvalue weighted by atomic mass is 17.1. The van der Waals surface area contributed by atoms with Gasteiger partial charge in [0.15, 0.2) is 0 Å². The van der Waals surface area contributed by atoms with Gasteiger partial charge in [0.25, 0.3) is 0 Å². The Kier molecular flexibility index (Phi) is 10.1. The third-order valence-corrected chi connectivity index (χ3v) is 3.16. The Labute approximate surface area is 132 Å². The second kappa shape index (κ2) is 10.9. The zero-order valence-electron chi connectivity index (χ0n) is 13.6. The van der Waals surface area contributed by atoms with Crippen LogP contribution in [0.1, 0.15) is 44.7 Å². The Morgan fingerprint density at radius 3 is 1.55 bits per heavy atom. The van der Waals surface area contributed by atoms with Crippen LogP contribution in [-0.4, -0.2) is 15.8 Å². The van der Waals surface area contributed by atoms with Gasteiger partial charge < -0.3 is 0 Å². The van der Waals surface area contributed by atoms with E-state index in [1.165, 1.54) is 5.56 Å². The maximum Gasteiger partial charge on any atom is 0.123 e. The van der Waals surface area contributed by atoms with Gasteiger partial charge in [0.1, 0.15) is 5.60 Å². The molecule has 0 spiro atoms. The molecule has 4 heteroatoms. The predicted octanol–water partition coefficient (Wildman–Crippen LogP) is 5.24. The van der Waals surface area contributed by atoms with Crippen molar-refractivity contribution in [2.45, 2.75) is 39.2 Å². The predicted molar refractivity (Wildman–Crippen MR) is 89.0 cm³/mol. The lowest BCUT2D eigenvalue weighted by atomic mass is 9.99. The van der Waals surface area contributed by atoms with Crippen molar-refractivity contribution < 1.29 is 20.7 Å². The first-order valence-corrected chi connectivity index (χ1v) is 7.10. The van der Waals surface area contributed by atoms with E-state index < -0.39 is 5.60 Å². The van der Waals surface area contributed by atoms with Crippen LogP contribution in [0.15, 0.2) is 60.7 Å². The minimum absolute atomic E-state index is 0.610. The van der Waals surface area contributed by atoms with E-state index in [9.17, 15) is 0 Å². The molecule has 4 nitrogen and oxygen atoms in total. The van der Waals surface area contributed by atoms with Gasteiger partial charge in [-0.3, -0.25) is 15.8 Å². The molecule has 0 aliphatic heterocycles. The molecule has 0 amide bonds. The summed E-state index contributed by atoms with van der Waals surface area (Å²) in [4.78, 5) is 4.32. The SMILES string of the molecule is CC(C)(OO)c1ccccc1.CC(C)c1ccccc1.OO. The number of rotatable bonds is 3. The normalized spacial score (nSPS) is 10.2. The monoisotopic (exact) mass is 306 g/mol. The quantitative estimate of drug-likeness (QED) is 0.536. The van der Waals surface area contributed by atoms with Crippen molar-refractivity contribution >= 4 is 0 Å². The summed E-state index contributed by atoms with van der Waals surface area (Å²) < 4.78 is 0. The molecule has 0 atom stereocenters. The maximum absolute atomic E-state index is 8.55. The largest absolute Gasteiger partial charge is 0.255 e. The lowest BCUT2D eigenvalue weighted by molar-refractivity contribution is -0.318. The van der Waals surface area contributed by atoms with E-state index in [1.807, 2.05) is 50.2 Å². The van der Waals surface area contributed by atoms with Crippen LogP contribution in [0.5, 0.6) is 0 Å². The lowest BCUT2D eigenvalue weighted by Crippen LogP contribution is -2.19.